The molecule has 2 aromatic heterocycles. The summed E-state index contributed by atoms with van der Waals surface area (Å²) in [4.78, 5) is 25.7. The van der Waals surface area contributed by atoms with Gasteiger partial charge in [0.2, 0.25) is 5.91 Å². The number of fused-ring (bicyclic) bond motifs is 1. The van der Waals surface area contributed by atoms with Crippen LogP contribution >= 0.6 is 23.2 Å². The average molecular weight is 442 g/mol. The smallest absolute Gasteiger partial charge is 0.293 e. The van der Waals surface area contributed by atoms with Gasteiger partial charge in [-0.25, -0.2) is 9.36 Å². The highest BCUT2D eigenvalue weighted by molar-refractivity contribution is 6.42. The van der Waals surface area contributed by atoms with Crippen LogP contribution in [0, 0.1) is 13.8 Å². The Bertz CT molecular complexity index is 1340. The van der Waals surface area contributed by atoms with Gasteiger partial charge >= 0.3 is 0 Å². The number of carbonyl (C=O) groups excluding carboxylic acids is 1. The van der Waals surface area contributed by atoms with Crippen LogP contribution in [0.4, 0.5) is 5.69 Å². The van der Waals surface area contributed by atoms with Crippen LogP contribution in [0.3, 0.4) is 0 Å². The molecule has 2 heterocycles. The Labute approximate surface area is 181 Å². The zero-order chi connectivity index (χ0) is 21.4. The molecule has 1 N–H and O–H groups in total. The summed E-state index contributed by atoms with van der Waals surface area (Å²) in [5.74, 6) is -0.413. The van der Waals surface area contributed by atoms with E-state index in [4.69, 9.17) is 23.2 Å². The van der Waals surface area contributed by atoms with E-state index in [1.165, 1.54) is 0 Å². The fourth-order valence-electron chi connectivity index (χ4n) is 3.22. The number of aromatic nitrogens is 4. The minimum Gasteiger partial charge on any atom is -0.324 e. The molecule has 4 aromatic rings. The molecule has 0 fully saturated rings. The molecule has 1 amide bonds. The fraction of sp³-hybridized carbons (Fsp3) is 0.143. The van der Waals surface area contributed by atoms with Gasteiger partial charge in [0.25, 0.3) is 5.56 Å². The van der Waals surface area contributed by atoms with Crippen LogP contribution in [0.1, 0.15) is 11.3 Å². The van der Waals surface area contributed by atoms with Crippen molar-refractivity contribution in [2.75, 3.05) is 5.32 Å². The lowest BCUT2D eigenvalue weighted by Crippen LogP contribution is -2.31. The molecule has 0 unspecified atom stereocenters. The van der Waals surface area contributed by atoms with Crippen molar-refractivity contribution >= 4 is 45.7 Å². The standard InChI is InChI=1S/C21H17Cl2N5O2/c1-12-5-3-4-6-18(12)28-20-15(10-24-28)13(2)26-27(21(20)30)11-19(29)25-14-7-8-16(22)17(23)9-14/h3-10H,11H2,1-2H3,(H,25,29). The summed E-state index contributed by atoms with van der Waals surface area (Å²) < 4.78 is 2.73. The summed E-state index contributed by atoms with van der Waals surface area (Å²) in [6.45, 7) is 3.47. The van der Waals surface area contributed by atoms with Crippen molar-refractivity contribution in [1.29, 1.82) is 0 Å². The van der Waals surface area contributed by atoms with Gasteiger partial charge < -0.3 is 5.32 Å². The molecule has 0 saturated carbocycles. The predicted octanol–water partition coefficient (Wildman–Crippen LogP) is 4.14. The van der Waals surface area contributed by atoms with Crippen LogP contribution < -0.4 is 10.9 Å². The van der Waals surface area contributed by atoms with E-state index in [-0.39, 0.29) is 6.54 Å². The van der Waals surface area contributed by atoms with E-state index in [1.807, 2.05) is 31.2 Å². The molecule has 152 valence electrons. The van der Waals surface area contributed by atoms with Crippen LogP contribution in [0.15, 0.2) is 53.5 Å². The number of nitrogens with zero attached hydrogens (tertiary/aromatic N) is 4. The zero-order valence-corrected chi connectivity index (χ0v) is 17.7. The molecule has 2 aromatic carbocycles. The Kier molecular flexibility index (Phi) is 5.32. The Balaban J connectivity index is 1.71. The van der Waals surface area contributed by atoms with Crippen molar-refractivity contribution in [3.8, 4) is 5.69 Å². The summed E-state index contributed by atoms with van der Waals surface area (Å²) in [5.41, 5.74) is 2.82. The van der Waals surface area contributed by atoms with Crippen molar-refractivity contribution in [1.82, 2.24) is 19.6 Å². The highest BCUT2D eigenvalue weighted by Gasteiger charge is 2.17. The minimum atomic E-state index is -0.413. The van der Waals surface area contributed by atoms with E-state index >= 15 is 0 Å². The molecule has 0 bridgehead atoms. The summed E-state index contributed by atoms with van der Waals surface area (Å²) in [5, 5.41) is 12.7. The number of benzene rings is 2. The Morgan fingerprint density at radius 1 is 1.10 bits per heavy atom. The summed E-state index contributed by atoms with van der Waals surface area (Å²) in [7, 11) is 0. The normalized spacial score (nSPS) is 11.1. The first-order valence-electron chi connectivity index (χ1n) is 9.11. The molecule has 4 rings (SSSR count). The molecule has 0 aliphatic heterocycles. The molecule has 0 aliphatic rings. The van der Waals surface area contributed by atoms with Crippen LogP contribution in [0.25, 0.3) is 16.6 Å². The fourth-order valence-corrected chi connectivity index (χ4v) is 3.52. The predicted molar refractivity (Wildman–Crippen MR) is 118 cm³/mol. The molecule has 0 saturated heterocycles. The van der Waals surface area contributed by atoms with Gasteiger partial charge in [0, 0.05) is 11.1 Å². The van der Waals surface area contributed by atoms with E-state index in [0.29, 0.717) is 32.3 Å². The van der Waals surface area contributed by atoms with Gasteiger partial charge in [-0.2, -0.15) is 10.2 Å². The first-order valence-corrected chi connectivity index (χ1v) is 9.87. The Morgan fingerprint density at radius 3 is 2.60 bits per heavy atom. The van der Waals surface area contributed by atoms with Crippen molar-refractivity contribution in [3.63, 3.8) is 0 Å². The molecular formula is C21H17Cl2N5O2. The van der Waals surface area contributed by atoms with Crippen molar-refractivity contribution < 1.29 is 4.79 Å². The monoisotopic (exact) mass is 441 g/mol. The molecule has 7 nitrogen and oxygen atoms in total. The Morgan fingerprint density at radius 2 is 1.87 bits per heavy atom. The lowest BCUT2D eigenvalue weighted by atomic mass is 10.2. The van der Waals surface area contributed by atoms with Gasteiger partial charge in [-0.05, 0) is 43.7 Å². The molecule has 0 spiro atoms. The summed E-state index contributed by atoms with van der Waals surface area (Å²) >= 11 is 11.9. The third kappa shape index (κ3) is 3.69. The third-order valence-electron chi connectivity index (χ3n) is 4.71. The number of aryl methyl sites for hydroxylation is 2. The van der Waals surface area contributed by atoms with Gasteiger partial charge in [-0.3, -0.25) is 9.59 Å². The topological polar surface area (TPSA) is 81.8 Å². The summed E-state index contributed by atoms with van der Waals surface area (Å²) in [6, 6.07) is 12.4. The number of amides is 1. The molecule has 9 heteroatoms. The van der Waals surface area contributed by atoms with Crippen molar-refractivity contribution in [2.24, 2.45) is 0 Å². The molecule has 0 atom stereocenters. The van der Waals surface area contributed by atoms with Crippen molar-refractivity contribution in [2.45, 2.75) is 20.4 Å². The minimum absolute atomic E-state index is 0.255. The number of halogens is 2. The molecular weight excluding hydrogens is 425 g/mol. The lowest BCUT2D eigenvalue weighted by Gasteiger charge is -2.10. The lowest BCUT2D eigenvalue weighted by molar-refractivity contribution is -0.117. The Hall–Kier alpha value is -3.16. The summed E-state index contributed by atoms with van der Waals surface area (Å²) in [6.07, 6.45) is 1.62. The number of para-hydroxylation sites is 1. The van der Waals surface area contributed by atoms with E-state index in [1.54, 1.807) is 36.0 Å². The largest absolute Gasteiger partial charge is 0.324 e. The number of anilines is 1. The van der Waals surface area contributed by atoms with Crippen LogP contribution in [0.2, 0.25) is 10.0 Å². The van der Waals surface area contributed by atoms with Crippen LogP contribution in [-0.2, 0) is 11.3 Å². The third-order valence-corrected chi connectivity index (χ3v) is 5.45. The SMILES string of the molecule is Cc1ccccc1-n1ncc2c(C)nn(CC(=O)Nc3ccc(Cl)c(Cl)c3)c(=O)c21. The van der Waals surface area contributed by atoms with E-state index < -0.39 is 11.5 Å². The van der Waals surface area contributed by atoms with Gasteiger partial charge in [0.05, 0.1) is 27.6 Å². The number of rotatable bonds is 4. The van der Waals surface area contributed by atoms with Gasteiger partial charge in [0.15, 0.2) is 0 Å². The highest BCUT2D eigenvalue weighted by Crippen LogP contribution is 2.25. The number of nitrogens with one attached hydrogen (secondary N) is 1. The quantitative estimate of drug-likeness (QED) is 0.515. The second kappa shape index (κ2) is 7.93. The maximum absolute atomic E-state index is 13.2. The van der Waals surface area contributed by atoms with Crippen LogP contribution in [-0.4, -0.2) is 25.5 Å². The molecule has 0 radical (unpaired) electrons. The number of hydrogen-bond acceptors (Lipinski definition) is 4. The maximum Gasteiger partial charge on any atom is 0.293 e. The average Bonchev–Trinajstić information content (AvgIpc) is 3.15. The van der Waals surface area contributed by atoms with E-state index in [0.717, 1.165) is 15.9 Å². The van der Waals surface area contributed by atoms with Crippen molar-refractivity contribution in [3.05, 3.63) is 80.3 Å². The first-order chi connectivity index (χ1) is 14.3. The second-order valence-corrected chi connectivity index (χ2v) is 7.64. The second-order valence-electron chi connectivity index (χ2n) is 6.83. The van der Waals surface area contributed by atoms with Gasteiger partial charge in [-0.15, -0.1) is 0 Å². The van der Waals surface area contributed by atoms with Gasteiger partial charge in [0.1, 0.15) is 12.1 Å². The van der Waals surface area contributed by atoms with Crippen LogP contribution in [0.5, 0.6) is 0 Å². The van der Waals surface area contributed by atoms with E-state index in [2.05, 4.69) is 15.5 Å². The molecule has 0 aliphatic carbocycles. The maximum atomic E-state index is 13.2. The number of carbonyl (C=O) groups is 1. The zero-order valence-electron chi connectivity index (χ0n) is 16.2. The number of hydrogen-bond donors (Lipinski definition) is 1. The van der Waals surface area contributed by atoms with Gasteiger partial charge in [-0.1, -0.05) is 41.4 Å². The highest BCUT2D eigenvalue weighted by atomic mass is 35.5. The van der Waals surface area contributed by atoms with E-state index in [9.17, 15) is 9.59 Å². The first kappa shape index (κ1) is 20.1. The molecule has 30 heavy (non-hydrogen) atoms.